The lowest BCUT2D eigenvalue weighted by Gasteiger charge is -2.31. The first kappa shape index (κ1) is 26.7. The number of hydrogen-bond acceptors (Lipinski definition) is 8. The molecule has 2 N–H and O–H groups in total. The minimum atomic E-state index is -1.11. The Balaban J connectivity index is 1.29. The van der Waals surface area contributed by atoms with Crippen LogP contribution < -0.4 is 15.4 Å². The number of nitrogens with one attached hydrogen (secondary N) is 2. The lowest BCUT2D eigenvalue weighted by atomic mass is 9.87. The zero-order valence-electron chi connectivity index (χ0n) is 21.3. The lowest BCUT2D eigenvalue weighted by molar-refractivity contribution is 0.0729. The first-order chi connectivity index (χ1) is 18.5. The van der Waals surface area contributed by atoms with Gasteiger partial charge in [-0.25, -0.2) is 14.4 Å². The van der Waals surface area contributed by atoms with Crippen LogP contribution in [0.5, 0.6) is 5.75 Å². The molecule has 0 spiro atoms. The second kappa shape index (κ2) is 12.3. The number of halogens is 2. The first-order valence-corrected chi connectivity index (χ1v) is 14.5. The normalized spacial score (nSPS) is 20.6. The number of nitriles is 1. The van der Waals surface area contributed by atoms with Gasteiger partial charge >= 0.3 is 0 Å². The van der Waals surface area contributed by atoms with E-state index >= 15 is 0 Å². The lowest BCUT2D eigenvalue weighted by Crippen LogP contribution is -2.44. The molecule has 2 atom stereocenters. The molecular formula is C28H31FIN7O. The summed E-state index contributed by atoms with van der Waals surface area (Å²) in [6.07, 6.45) is 2.70. The van der Waals surface area contributed by atoms with Crippen molar-refractivity contribution in [1.82, 2.24) is 25.2 Å². The average molecular weight is 628 g/mol. The molecule has 10 heteroatoms. The molecule has 2 fully saturated rings. The van der Waals surface area contributed by atoms with Crippen molar-refractivity contribution in [3.8, 4) is 23.2 Å². The Labute approximate surface area is 236 Å². The summed E-state index contributed by atoms with van der Waals surface area (Å²) in [5.74, 6) is 1.82. The van der Waals surface area contributed by atoms with Crippen LogP contribution >= 0.6 is 22.6 Å². The number of aryl methyl sites for hydroxylation is 1. The summed E-state index contributed by atoms with van der Waals surface area (Å²) in [5, 5.41) is 16.0. The fourth-order valence-corrected chi connectivity index (χ4v) is 5.83. The van der Waals surface area contributed by atoms with Crippen molar-refractivity contribution >= 4 is 34.2 Å². The summed E-state index contributed by atoms with van der Waals surface area (Å²) >= 11 is 2.44. The molecule has 0 unspecified atom stereocenters. The minimum Gasteiger partial charge on any atom is -0.486 e. The number of likely N-dealkylation sites (tertiary alicyclic amines) is 1. The van der Waals surface area contributed by atoms with E-state index in [0.717, 1.165) is 23.3 Å². The van der Waals surface area contributed by atoms with Crippen molar-refractivity contribution in [2.75, 3.05) is 36.0 Å². The number of alkyl halides is 2. The van der Waals surface area contributed by atoms with Crippen LogP contribution in [0.3, 0.4) is 0 Å². The number of nitrogens with zero attached hydrogens (tertiary/aromatic N) is 5. The van der Waals surface area contributed by atoms with Gasteiger partial charge in [0.25, 0.3) is 0 Å². The number of rotatable bonds is 7. The highest BCUT2D eigenvalue weighted by molar-refractivity contribution is 14.1. The standard InChI is InChI=1S/C28H31FIN7O/c1-18-12-22(3-4-23(18)19-7-10-37(16-30)11-8-19)35-28-34-17-33-27(36-28)20-2-5-25(21(13-20)14-31)38-26-6-9-32-15-24(26)29/h2-5,12-13,17,19,24,26,32H,6-11,15-16H2,1H3,(H,33,34,35,36)/t24-,26+/m1/s1. The van der Waals surface area contributed by atoms with Gasteiger partial charge in [-0.3, -0.25) is 4.90 Å². The largest absolute Gasteiger partial charge is 0.486 e. The summed E-state index contributed by atoms with van der Waals surface area (Å²) in [5.41, 5.74) is 4.56. The summed E-state index contributed by atoms with van der Waals surface area (Å²) < 4.78 is 21.1. The second-order valence-corrected chi connectivity index (χ2v) is 10.5. The number of hydrogen-bond donors (Lipinski definition) is 2. The maximum absolute atomic E-state index is 14.2. The Morgan fingerprint density at radius 3 is 2.76 bits per heavy atom. The molecule has 2 aliphatic heterocycles. The molecule has 2 saturated heterocycles. The molecule has 0 saturated carbocycles. The van der Waals surface area contributed by atoms with E-state index in [4.69, 9.17) is 4.74 Å². The zero-order chi connectivity index (χ0) is 26.5. The maximum atomic E-state index is 14.2. The minimum absolute atomic E-state index is 0.256. The van der Waals surface area contributed by atoms with E-state index in [9.17, 15) is 9.65 Å². The topological polar surface area (TPSA) is 99.0 Å². The summed E-state index contributed by atoms with van der Waals surface area (Å²) in [6, 6.07) is 13.7. The van der Waals surface area contributed by atoms with Gasteiger partial charge in [0.15, 0.2) is 5.82 Å². The summed E-state index contributed by atoms with van der Waals surface area (Å²) in [4.78, 5) is 15.7. The number of piperidine rings is 2. The van der Waals surface area contributed by atoms with Gasteiger partial charge in [0.05, 0.1) is 10.1 Å². The Kier molecular flexibility index (Phi) is 8.66. The van der Waals surface area contributed by atoms with Crippen LogP contribution in [-0.4, -0.2) is 62.9 Å². The molecule has 2 aromatic carbocycles. The average Bonchev–Trinajstić information content (AvgIpc) is 2.95. The van der Waals surface area contributed by atoms with Crippen molar-refractivity contribution in [3.05, 3.63) is 59.4 Å². The van der Waals surface area contributed by atoms with E-state index in [1.54, 1.807) is 18.2 Å². The predicted molar refractivity (Wildman–Crippen MR) is 154 cm³/mol. The van der Waals surface area contributed by atoms with Gasteiger partial charge in [0.1, 0.15) is 30.4 Å². The molecule has 8 nitrogen and oxygen atoms in total. The maximum Gasteiger partial charge on any atom is 0.230 e. The van der Waals surface area contributed by atoms with E-state index in [-0.39, 0.29) is 6.54 Å². The van der Waals surface area contributed by atoms with E-state index in [0.29, 0.717) is 47.5 Å². The molecule has 3 aromatic rings. The van der Waals surface area contributed by atoms with Gasteiger partial charge in [-0.2, -0.15) is 10.2 Å². The molecule has 0 radical (unpaired) electrons. The third-order valence-corrected chi connectivity index (χ3v) is 8.24. The monoisotopic (exact) mass is 627 g/mol. The van der Waals surface area contributed by atoms with Gasteiger partial charge in [-0.15, -0.1) is 0 Å². The van der Waals surface area contributed by atoms with Gasteiger partial charge in [0, 0.05) is 17.8 Å². The molecule has 38 heavy (non-hydrogen) atoms. The number of benzene rings is 2. The van der Waals surface area contributed by atoms with Crippen LogP contribution in [0.2, 0.25) is 0 Å². The Morgan fingerprint density at radius 2 is 2.03 bits per heavy atom. The third kappa shape index (κ3) is 6.22. The van der Waals surface area contributed by atoms with Crippen molar-refractivity contribution in [2.45, 2.75) is 44.4 Å². The fourth-order valence-electron chi connectivity index (χ4n) is 5.15. The first-order valence-electron chi connectivity index (χ1n) is 12.9. The van der Waals surface area contributed by atoms with Gasteiger partial charge in [-0.1, -0.05) is 28.7 Å². The molecule has 3 heterocycles. The zero-order valence-corrected chi connectivity index (χ0v) is 23.5. The van der Waals surface area contributed by atoms with Crippen LogP contribution in [0.15, 0.2) is 42.7 Å². The fraction of sp³-hybridized carbons (Fsp3) is 0.429. The highest BCUT2D eigenvalue weighted by Gasteiger charge is 2.27. The van der Waals surface area contributed by atoms with E-state index in [1.807, 2.05) is 0 Å². The summed E-state index contributed by atoms with van der Waals surface area (Å²) in [6.45, 7) is 5.40. The van der Waals surface area contributed by atoms with Crippen LogP contribution in [0.1, 0.15) is 41.9 Å². The summed E-state index contributed by atoms with van der Waals surface area (Å²) in [7, 11) is 0. The molecule has 0 amide bonds. The molecule has 1 aromatic heterocycles. The van der Waals surface area contributed by atoms with Crippen molar-refractivity contribution in [1.29, 1.82) is 5.26 Å². The van der Waals surface area contributed by atoms with Crippen LogP contribution in [0, 0.1) is 18.3 Å². The Morgan fingerprint density at radius 1 is 1.18 bits per heavy atom. The quantitative estimate of drug-likeness (QED) is 0.212. The predicted octanol–water partition coefficient (Wildman–Crippen LogP) is 5.11. The van der Waals surface area contributed by atoms with Crippen LogP contribution in [0.4, 0.5) is 16.0 Å². The van der Waals surface area contributed by atoms with Crippen LogP contribution in [-0.2, 0) is 0 Å². The second-order valence-electron chi connectivity index (χ2n) is 9.83. The number of ether oxygens (including phenoxy) is 1. The number of aromatic nitrogens is 3. The molecule has 0 bridgehead atoms. The third-order valence-electron chi connectivity index (χ3n) is 7.28. The van der Waals surface area contributed by atoms with E-state index in [1.165, 1.54) is 30.3 Å². The van der Waals surface area contributed by atoms with E-state index < -0.39 is 12.3 Å². The SMILES string of the molecule is Cc1cc(Nc2ncnc(-c3ccc(O[C@H]4CCNC[C@H]4F)c(C#N)c3)n2)ccc1C1CCN(CI)CC1. The van der Waals surface area contributed by atoms with E-state index in [2.05, 4.69) is 84.3 Å². The molecular weight excluding hydrogens is 596 g/mol. The van der Waals surface area contributed by atoms with Crippen molar-refractivity contribution in [2.24, 2.45) is 0 Å². The molecule has 0 aliphatic carbocycles. The Bertz CT molecular complexity index is 1310. The molecule has 2 aliphatic rings. The van der Waals surface area contributed by atoms with Crippen molar-refractivity contribution in [3.63, 3.8) is 0 Å². The number of anilines is 2. The smallest absolute Gasteiger partial charge is 0.230 e. The van der Waals surface area contributed by atoms with Gasteiger partial charge in [0.2, 0.25) is 5.95 Å². The highest BCUT2D eigenvalue weighted by Crippen LogP contribution is 2.32. The van der Waals surface area contributed by atoms with Crippen molar-refractivity contribution < 1.29 is 9.13 Å². The van der Waals surface area contributed by atoms with Gasteiger partial charge in [-0.05, 0) is 93.2 Å². The van der Waals surface area contributed by atoms with Gasteiger partial charge < -0.3 is 15.4 Å². The van der Waals surface area contributed by atoms with Crippen LogP contribution in [0.25, 0.3) is 11.4 Å². The highest BCUT2D eigenvalue weighted by atomic mass is 127. The molecule has 5 rings (SSSR count). The Hall–Kier alpha value is -2.88. The molecule has 198 valence electrons.